The molecule has 1 atom stereocenters. The molecule has 0 bridgehead atoms. The van der Waals surface area contributed by atoms with Crippen LogP contribution in [0.4, 0.5) is 5.69 Å². The predicted molar refractivity (Wildman–Crippen MR) is 130 cm³/mol. The Morgan fingerprint density at radius 1 is 1.15 bits per heavy atom. The molecule has 34 heavy (non-hydrogen) atoms. The molecule has 2 aromatic carbocycles. The van der Waals surface area contributed by atoms with E-state index in [4.69, 9.17) is 4.74 Å². The zero-order chi connectivity index (χ0) is 24.4. The minimum atomic E-state index is -0.682. The van der Waals surface area contributed by atoms with E-state index < -0.39 is 12.0 Å². The van der Waals surface area contributed by atoms with E-state index in [0.717, 1.165) is 33.4 Å². The van der Waals surface area contributed by atoms with Crippen LogP contribution in [0, 0.1) is 0 Å². The Morgan fingerprint density at radius 3 is 2.65 bits per heavy atom. The summed E-state index contributed by atoms with van der Waals surface area (Å²) in [5, 5.41) is 4.33. The lowest BCUT2D eigenvalue weighted by Crippen LogP contribution is -2.39. The van der Waals surface area contributed by atoms with E-state index in [9.17, 15) is 14.4 Å². The summed E-state index contributed by atoms with van der Waals surface area (Å²) in [5.41, 5.74) is 4.78. The monoisotopic (exact) mass is 462 g/mol. The number of hydrogen-bond donors (Lipinski definition) is 1. The highest BCUT2D eigenvalue weighted by molar-refractivity contribution is 5.90. The van der Waals surface area contributed by atoms with Crippen LogP contribution in [0.5, 0.6) is 0 Å². The second kappa shape index (κ2) is 9.59. The van der Waals surface area contributed by atoms with E-state index in [1.165, 1.54) is 7.11 Å². The fourth-order valence-electron chi connectivity index (χ4n) is 4.40. The van der Waals surface area contributed by atoms with Crippen molar-refractivity contribution in [3.63, 3.8) is 0 Å². The van der Waals surface area contributed by atoms with Crippen LogP contribution in [0.25, 0.3) is 10.9 Å². The van der Waals surface area contributed by atoms with Gasteiger partial charge in [0.05, 0.1) is 26.5 Å². The number of aromatic nitrogens is 1. The molecule has 0 radical (unpaired) electrons. The number of benzene rings is 2. The molecule has 0 saturated heterocycles. The summed E-state index contributed by atoms with van der Waals surface area (Å²) >= 11 is 0. The number of fused-ring (bicyclic) bond motifs is 2. The fraction of sp³-hybridized carbons (Fsp3) is 0.346. The molecule has 2 heterocycles. The first-order chi connectivity index (χ1) is 16.3. The first-order valence-corrected chi connectivity index (χ1v) is 11.2. The van der Waals surface area contributed by atoms with Crippen molar-refractivity contribution >= 4 is 34.4 Å². The van der Waals surface area contributed by atoms with Gasteiger partial charge in [0.2, 0.25) is 11.8 Å². The number of carbonyl (C=O) groups is 3. The standard InChI is InChI=1S/C26H30N4O4/c1-28(16-20-13-18-7-5-6-8-23(18)30(20)3)24(31)12-17-9-10-21-19(11-17)15-29(2)26(33)22(27-21)14-25(32)34-4/h5-11,13,22,27H,12,14-16H2,1-4H3/t22-/m0/s1. The number of methoxy groups -OCH3 is 1. The van der Waals surface area contributed by atoms with Crippen molar-refractivity contribution in [3.05, 3.63) is 65.4 Å². The topological polar surface area (TPSA) is 83.9 Å². The highest BCUT2D eigenvalue weighted by Gasteiger charge is 2.29. The van der Waals surface area contributed by atoms with Crippen LogP contribution in [-0.2, 0) is 45.7 Å². The van der Waals surface area contributed by atoms with E-state index in [1.807, 2.05) is 44.4 Å². The molecule has 2 amide bonds. The summed E-state index contributed by atoms with van der Waals surface area (Å²) in [4.78, 5) is 40.7. The number of amides is 2. The Bertz CT molecular complexity index is 1250. The van der Waals surface area contributed by atoms with Gasteiger partial charge in [-0.3, -0.25) is 14.4 Å². The number of anilines is 1. The van der Waals surface area contributed by atoms with Gasteiger partial charge in [0.1, 0.15) is 6.04 Å². The van der Waals surface area contributed by atoms with E-state index in [-0.39, 0.29) is 24.7 Å². The van der Waals surface area contributed by atoms with Crippen LogP contribution in [-0.4, -0.2) is 59.4 Å². The number of nitrogens with zero attached hydrogens (tertiary/aromatic N) is 3. The first kappa shape index (κ1) is 23.4. The maximum atomic E-state index is 13.0. The zero-order valence-corrected chi connectivity index (χ0v) is 20.0. The van der Waals surface area contributed by atoms with Crippen LogP contribution in [0.2, 0.25) is 0 Å². The van der Waals surface area contributed by atoms with Gasteiger partial charge < -0.3 is 24.4 Å². The molecule has 0 saturated carbocycles. The van der Waals surface area contributed by atoms with E-state index in [2.05, 4.69) is 28.1 Å². The number of aryl methyl sites for hydroxylation is 1. The lowest BCUT2D eigenvalue weighted by atomic mass is 10.0. The molecule has 1 aliphatic heterocycles. The largest absolute Gasteiger partial charge is 0.469 e. The molecule has 8 nitrogen and oxygen atoms in total. The number of nitrogens with one attached hydrogen (secondary N) is 1. The van der Waals surface area contributed by atoms with Crippen LogP contribution >= 0.6 is 0 Å². The summed E-state index contributed by atoms with van der Waals surface area (Å²) in [5.74, 6) is -0.604. The molecule has 3 aromatic rings. The predicted octanol–water partition coefficient (Wildman–Crippen LogP) is 2.70. The third-order valence-electron chi connectivity index (χ3n) is 6.41. The van der Waals surface area contributed by atoms with Crippen molar-refractivity contribution in [2.75, 3.05) is 26.5 Å². The minimum Gasteiger partial charge on any atom is -0.469 e. The Morgan fingerprint density at radius 2 is 1.91 bits per heavy atom. The SMILES string of the molecule is COC(=O)C[C@@H]1Nc2ccc(CC(=O)N(C)Cc3cc4ccccc4n3C)cc2CN(C)C1=O. The lowest BCUT2D eigenvalue weighted by Gasteiger charge is -2.19. The van der Waals surface area contributed by atoms with Crippen molar-refractivity contribution < 1.29 is 19.1 Å². The first-order valence-electron chi connectivity index (χ1n) is 11.2. The molecule has 0 aliphatic carbocycles. The zero-order valence-electron chi connectivity index (χ0n) is 20.0. The molecule has 0 unspecified atom stereocenters. The van der Waals surface area contributed by atoms with Crippen LogP contribution in [0.15, 0.2) is 48.5 Å². The number of para-hydroxylation sites is 1. The fourth-order valence-corrected chi connectivity index (χ4v) is 4.40. The summed E-state index contributed by atoms with van der Waals surface area (Å²) < 4.78 is 6.84. The second-order valence-electron chi connectivity index (χ2n) is 8.84. The van der Waals surface area contributed by atoms with E-state index in [1.54, 1.807) is 16.8 Å². The Balaban J connectivity index is 1.46. The molecule has 4 rings (SSSR count). The van der Waals surface area contributed by atoms with Gasteiger partial charge in [-0.1, -0.05) is 30.3 Å². The molecule has 0 spiro atoms. The molecule has 1 aliphatic rings. The molecule has 1 N–H and O–H groups in total. The smallest absolute Gasteiger partial charge is 0.308 e. The number of ether oxygens (including phenoxy) is 1. The highest BCUT2D eigenvalue weighted by Crippen LogP contribution is 2.26. The van der Waals surface area contributed by atoms with Crippen LogP contribution in [0.1, 0.15) is 23.2 Å². The van der Waals surface area contributed by atoms with Crippen molar-refractivity contribution in [1.29, 1.82) is 0 Å². The number of rotatable bonds is 6. The average molecular weight is 463 g/mol. The van der Waals surface area contributed by atoms with Gasteiger partial charge in [-0.2, -0.15) is 0 Å². The number of likely N-dealkylation sites (N-methyl/N-ethyl adjacent to an activating group) is 2. The van der Waals surface area contributed by atoms with Crippen molar-refractivity contribution in [1.82, 2.24) is 14.4 Å². The van der Waals surface area contributed by atoms with Crippen molar-refractivity contribution in [2.45, 2.75) is 32.0 Å². The Labute approximate surface area is 199 Å². The van der Waals surface area contributed by atoms with E-state index in [0.29, 0.717) is 13.1 Å². The molecule has 0 fully saturated rings. The van der Waals surface area contributed by atoms with Crippen LogP contribution < -0.4 is 5.32 Å². The van der Waals surface area contributed by atoms with E-state index >= 15 is 0 Å². The lowest BCUT2D eigenvalue weighted by molar-refractivity contribution is -0.143. The molecular weight excluding hydrogens is 432 g/mol. The van der Waals surface area contributed by atoms with Gasteiger partial charge in [-0.05, 0) is 34.7 Å². The van der Waals surface area contributed by atoms with Gasteiger partial charge in [-0.15, -0.1) is 0 Å². The molecule has 178 valence electrons. The third-order valence-corrected chi connectivity index (χ3v) is 6.41. The van der Waals surface area contributed by atoms with Gasteiger partial charge in [0.15, 0.2) is 0 Å². The van der Waals surface area contributed by atoms with Gasteiger partial charge >= 0.3 is 5.97 Å². The molecule has 8 heteroatoms. The maximum Gasteiger partial charge on any atom is 0.308 e. The summed E-state index contributed by atoms with van der Waals surface area (Å²) in [6, 6.07) is 15.3. The number of hydrogen-bond acceptors (Lipinski definition) is 5. The van der Waals surface area contributed by atoms with Gasteiger partial charge in [-0.25, -0.2) is 0 Å². The third kappa shape index (κ3) is 4.76. The van der Waals surface area contributed by atoms with Crippen molar-refractivity contribution in [3.8, 4) is 0 Å². The molecular formula is C26H30N4O4. The highest BCUT2D eigenvalue weighted by atomic mass is 16.5. The minimum absolute atomic E-state index is 0.0137. The average Bonchev–Trinajstić information content (AvgIpc) is 3.08. The normalized spacial score (nSPS) is 15.5. The number of esters is 1. The summed E-state index contributed by atoms with van der Waals surface area (Å²) in [6.07, 6.45) is 0.218. The quantitative estimate of drug-likeness (QED) is 0.570. The Hall–Kier alpha value is -3.81. The molecule has 1 aromatic heterocycles. The second-order valence-corrected chi connectivity index (χ2v) is 8.84. The van der Waals surface area contributed by atoms with Crippen LogP contribution in [0.3, 0.4) is 0 Å². The number of carbonyl (C=O) groups excluding carboxylic acids is 3. The maximum absolute atomic E-state index is 13.0. The van der Waals surface area contributed by atoms with Crippen molar-refractivity contribution in [2.24, 2.45) is 7.05 Å². The van der Waals surface area contributed by atoms with Gasteiger partial charge in [0, 0.05) is 44.6 Å². The van der Waals surface area contributed by atoms with Gasteiger partial charge in [0.25, 0.3) is 0 Å². The summed E-state index contributed by atoms with van der Waals surface area (Å²) in [7, 11) is 6.84. The Kier molecular flexibility index (Phi) is 6.58. The summed E-state index contributed by atoms with van der Waals surface area (Å²) in [6.45, 7) is 0.912.